The van der Waals surface area contributed by atoms with E-state index < -0.39 is 0 Å². The molecule has 2 unspecified atom stereocenters. The predicted octanol–water partition coefficient (Wildman–Crippen LogP) is 1.67. The van der Waals surface area contributed by atoms with Crippen molar-refractivity contribution in [2.45, 2.75) is 45.8 Å². The molecule has 0 amide bonds. The summed E-state index contributed by atoms with van der Waals surface area (Å²) in [6, 6.07) is 0.522. The molecule has 1 fully saturated rings. The number of rotatable bonds is 2. The Hall–Kier alpha value is -0.570. The van der Waals surface area contributed by atoms with Crippen LogP contribution in [0.3, 0.4) is 0 Å². The number of hydrogen-bond acceptors (Lipinski definition) is 3. The van der Waals surface area contributed by atoms with Gasteiger partial charge in [0, 0.05) is 12.6 Å². The lowest BCUT2D eigenvalue weighted by Gasteiger charge is -2.34. The van der Waals surface area contributed by atoms with Crippen molar-refractivity contribution in [1.82, 2.24) is 4.90 Å². The number of likely N-dealkylation sites (tertiary alicyclic amines) is 1. The molecule has 1 aliphatic rings. The van der Waals surface area contributed by atoms with E-state index in [2.05, 4.69) is 18.9 Å². The predicted molar refractivity (Wildman–Crippen MR) is 56.0 cm³/mol. The van der Waals surface area contributed by atoms with Crippen LogP contribution in [0.5, 0.6) is 0 Å². The van der Waals surface area contributed by atoms with Crippen LogP contribution >= 0.6 is 0 Å². The summed E-state index contributed by atoms with van der Waals surface area (Å²) in [5.74, 6) is -0.0725. The maximum atomic E-state index is 11.4. The number of carbonyl (C=O) groups is 1. The zero-order valence-electron chi connectivity index (χ0n) is 9.62. The summed E-state index contributed by atoms with van der Waals surface area (Å²) in [6.07, 6.45) is 2.07. The maximum Gasteiger partial charge on any atom is 0.308 e. The molecule has 3 heteroatoms. The Balaban J connectivity index is 2.37. The molecule has 0 radical (unpaired) electrons. The zero-order valence-corrected chi connectivity index (χ0v) is 9.62. The first-order chi connectivity index (χ1) is 6.50. The minimum atomic E-state index is -0.0632. The van der Waals surface area contributed by atoms with Crippen molar-refractivity contribution in [3.8, 4) is 0 Å². The van der Waals surface area contributed by atoms with Gasteiger partial charge in [-0.1, -0.05) is 13.8 Å². The quantitative estimate of drug-likeness (QED) is 0.634. The first kappa shape index (κ1) is 11.5. The van der Waals surface area contributed by atoms with Gasteiger partial charge in [-0.25, -0.2) is 0 Å². The summed E-state index contributed by atoms with van der Waals surface area (Å²) >= 11 is 0. The van der Waals surface area contributed by atoms with Crippen molar-refractivity contribution in [1.29, 1.82) is 0 Å². The van der Waals surface area contributed by atoms with Crippen LogP contribution in [-0.2, 0) is 9.53 Å². The van der Waals surface area contributed by atoms with Gasteiger partial charge < -0.3 is 9.64 Å². The molecule has 2 atom stereocenters. The van der Waals surface area contributed by atoms with Gasteiger partial charge in [0.1, 0.15) is 6.10 Å². The van der Waals surface area contributed by atoms with E-state index in [1.54, 1.807) is 0 Å². The molecular formula is C11H21NO2. The molecule has 0 aromatic heterocycles. The Bertz CT molecular complexity index is 203. The smallest absolute Gasteiger partial charge is 0.308 e. The van der Waals surface area contributed by atoms with Crippen LogP contribution in [0.2, 0.25) is 0 Å². The van der Waals surface area contributed by atoms with Crippen molar-refractivity contribution in [3.05, 3.63) is 0 Å². The van der Waals surface area contributed by atoms with E-state index >= 15 is 0 Å². The summed E-state index contributed by atoms with van der Waals surface area (Å²) in [7, 11) is 2.12. The third-order valence-corrected chi connectivity index (χ3v) is 2.91. The molecule has 1 aliphatic heterocycles. The van der Waals surface area contributed by atoms with Gasteiger partial charge in [0.15, 0.2) is 0 Å². The zero-order chi connectivity index (χ0) is 10.7. The number of ether oxygens (including phenoxy) is 1. The topological polar surface area (TPSA) is 29.5 Å². The van der Waals surface area contributed by atoms with Gasteiger partial charge >= 0.3 is 5.97 Å². The lowest BCUT2D eigenvalue weighted by molar-refractivity contribution is -0.155. The highest BCUT2D eigenvalue weighted by Crippen LogP contribution is 2.19. The summed E-state index contributed by atoms with van der Waals surface area (Å²) < 4.78 is 5.41. The van der Waals surface area contributed by atoms with E-state index in [9.17, 15) is 4.79 Å². The average Bonchev–Trinajstić information content (AvgIpc) is 2.11. The highest BCUT2D eigenvalue weighted by molar-refractivity contribution is 5.71. The highest BCUT2D eigenvalue weighted by Gasteiger charge is 2.25. The molecule has 14 heavy (non-hydrogen) atoms. The van der Waals surface area contributed by atoms with Crippen LogP contribution in [0, 0.1) is 5.92 Å². The number of carbonyl (C=O) groups excluding carboxylic acids is 1. The molecule has 1 rings (SSSR count). The van der Waals surface area contributed by atoms with Gasteiger partial charge in [0.25, 0.3) is 0 Å². The molecule has 0 spiro atoms. The Morgan fingerprint density at radius 3 is 2.64 bits per heavy atom. The van der Waals surface area contributed by atoms with Gasteiger partial charge in [-0.15, -0.1) is 0 Å². The highest BCUT2D eigenvalue weighted by atomic mass is 16.5. The van der Waals surface area contributed by atoms with Crippen molar-refractivity contribution < 1.29 is 9.53 Å². The monoisotopic (exact) mass is 199 g/mol. The van der Waals surface area contributed by atoms with Crippen LogP contribution in [0.1, 0.15) is 33.6 Å². The van der Waals surface area contributed by atoms with Gasteiger partial charge in [-0.05, 0) is 26.8 Å². The lowest BCUT2D eigenvalue weighted by Crippen LogP contribution is -2.41. The van der Waals surface area contributed by atoms with E-state index in [0.717, 1.165) is 19.4 Å². The average molecular weight is 199 g/mol. The van der Waals surface area contributed by atoms with Gasteiger partial charge in [0.2, 0.25) is 0 Å². The largest absolute Gasteiger partial charge is 0.462 e. The fraction of sp³-hybridized carbons (Fsp3) is 0.909. The van der Waals surface area contributed by atoms with Crippen LogP contribution < -0.4 is 0 Å². The SMILES string of the molecule is CC(C)C(=O)OC1CCN(C)C(C)C1. The van der Waals surface area contributed by atoms with Gasteiger partial charge in [0.05, 0.1) is 5.92 Å². The van der Waals surface area contributed by atoms with Gasteiger partial charge in [-0.2, -0.15) is 0 Å². The molecule has 82 valence electrons. The summed E-state index contributed by atoms with van der Waals surface area (Å²) in [5.41, 5.74) is 0. The van der Waals surface area contributed by atoms with E-state index in [4.69, 9.17) is 4.74 Å². The third-order valence-electron chi connectivity index (χ3n) is 2.91. The van der Waals surface area contributed by atoms with Crippen LogP contribution in [-0.4, -0.2) is 36.6 Å². The molecule has 0 saturated carbocycles. The molecule has 0 N–H and O–H groups in total. The van der Waals surface area contributed by atoms with Crippen molar-refractivity contribution in [2.24, 2.45) is 5.92 Å². The fourth-order valence-electron chi connectivity index (χ4n) is 1.65. The Morgan fingerprint density at radius 2 is 2.14 bits per heavy atom. The summed E-state index contributed by atoms with van der Waals surface area (Å²) in [4.78, 5) is 13.7. The Kier molecular flexibility index (Phi) is 3.93. The first-order valence-corrected chi connectivity index (χ1v) is 5.41. The molecule has 1 saturated heterocycles. The molecule has 0 aliphatic carbocycles. The van der Waals surface area contributed by atoms with Crippen molar-refractivity contribution >= 4 is 5.97 Å². The van der Waals surface area contributed by atoms with Crippen molar-refractivity contribution in [2.75, 3.05) is 13.6 Å². The van der Waals surface area contributed by atoms with E-state index in [1.165, 1.54) is 0 Å². The maximum absolute atomic E-state index is 11.4. The second-order valence-electron chi connectivity index (χ2n) is 4.57. The van der Waals surface area contributed by atoms with Crippen LogP contribution in [0.25, 0.3) is 0 Å². The van der Waals surface area contributed by atoms with Crippen molar-refractivity contribution in [3.63, 3.8) is 0 Å². The first-order valence-electron chi connectivity index (χ1n) is 5.41. The minimum Gasteiger partial charge on any atom is -0.462 e. The molecule has 0 aromatic carbocycles. The summed E-state index contributed by atoms with van der Waals surface area (Å²) in [6.45, 7) is 6.95. The second-order valence-corrected chi connectivity index (χ2v) is 4.57. The molecule has 0 bridgehead atoms. The fourth-order valence-corrected chi connectivity index (χ4v) is 1.65. The van der Waals surface area contributed by atoms with Crippen LogP contribution in [0.15, 0.2) is 0 Å². The normalized spacial score (nSPS) is 29.2. The Morgan fingerprint density at radius 1 is 1.50 bits per heavy atom. The Labute approximate surface area is 86.4 Å². The van der Waals surface area contributed by atoms with E-state index in [0.29, 0.717) is 6.04 Å². The van der Waals surface area contributed by atoms with E-state index in [1.807, 2.05) is 13.8 Å². The molecule has 0 aromatic rings. The molecule has 1 heterocycles. The van der Waals surface area contributed by atoms with Crippen LogP contribution in [0.4, 0.5) is 0 Å². The number of nitrogens with zero attached hydrogens (tertiary/aromatic N) is 1. The number of piperidine rings is 1. The minimum absolute atomic E-state index is 0.00929. The summed E-state index contributed by atoms with van der Waals surface area (Å²) in [5, 5.41) is 0. The number of esters is 1. The second kappa shape index (κ2) is 4.78. The number of hydrogen-bond donors (Lipinski definition) is 0. The molecule has 3 nitrogen and oxygen atoms in total. The van der Waals surface area contributed by atoms with E-state index in [-0.39, 0.29) is 18.0 Å². The third kappa shape index (κ3) is 2.98. The van der Waals surface area contributed by atoms with Gasteiger partial charge in [-0.3, -0.25) is 4.79 Å². The standard InChI is InChI=1S/C11H21NO2/c1-8(2)11(13)14-10-5-6-12(4)9(3)7-10/h8-10H,5-7H2,1-4H3. The molecular weight excluding hydrogens is 178 g/mol. The lowest BCUT2D eigenvalue weighted by atomic mass is 10.0.